The fourth-order valence-electron chi connectivity index (χ4n) is 2.02. The van der Waals surface area contributed by atoms with Crippen LogP contribution in [0.25, 0.3) is 0 Å². The summed E-state index contributed by atoms with van der Waals surface area (Å²) in [5.74, 6) is 7.45. The Morgan fingerprint density at radius 1 is 1.24 bits per heavy atom. The molecule has 2 aromatic rings. The van der Waals surface area contributed by atoms with Gasteiger partial charge >= 0.3 is 0 Å². The topological polar surface area (TPSA) is 47.3 Å². The number of ether oxygens (including phenoxy) is 1. The zero-order valence-electron chi connectivity index (χ0n) is 11.9. The monoisotopic (exact) mass is 366 g/mol. The highest BCUT2D eigenvalue weighted by atomic mass is 79.9. The summed E-state index contributed by atoms with van der Waals surface area (Å²) in [4.78, 5) is 1.21. The number of halogens is 1. The van der Waals surface area contributed by atoms with Crippen molar-refractivity contribution in [2.75, 3.05) is 12.4 Å². The molecule has 0 amide bonds. The van der Waals surface area contributed by atoms with Crippen molar-refractivity contribution >= 4 is 27.7 Å². The molecule has 3 nitrogen and oxygen atoms in total. The van der Waals surface area contributed by atoms with Crippen LogP contribution in [0.15, 0.2) is 57.9 Å². The highest BCUT2D eigenvalue weighted by Gasteiger charge is 2.15. The first kappa shape index (κ1) is 16.4. The summed E-state index contributed by atoms with van der Waals surface area (Å²) in [6.45, 7) is 2.63. The Kier molecular flexibility index (Phi) is 6.57. The van der Waals surface area contributed by atoms with E-state index in [0.29, 0.717) is 6.61 Å². The minimum atomic E-state index is 0.0386. The van der Waals surface area contributed by atoms with Crippen LogP contribution < -0.4 is 16.0 Å². The second kappa shape index (κ2) is 8.44. The summed E-state index contributed by atoms with van der Waals surface area (Å²) in [5.41, 5.74) is 3.98. The van der Waals surface area contributed by atoms with Gasteiger partial charge in [-0.3, -0.25) is 11.3 Å². The molecular formula is C16H19BrN2OS. The normalized spacial score (nSPS) is 12.1. The Balaban J connectivity index is 2.09. The van der Waals surface area contributed by atoms with Crippen LogP contribution in [0.1, 0.15) is 18.5 Å². The van der Waals surface area contributed by atoms with E-state index in [1.54, 1.807) is 11.8 Å². The molecule has 0 saturated heterocycles. The average Bonchev–Trinajstić information content (AvgIpc) is 2.50. The second-order valence-electron chi connectivity index (χ2n) is 4.46. The lowest BCUT2D eigenvalue weighted by Gasteiger charge is -2.19. The Morgan fingerprint density at radius 2 is 2.05 bits per heavy atom. The van der Waals surface area contributed by atoms with Gasteiger partial charge in [0.2, 0.25) is 0 Å². The molecule has 2 aromatic carbocycles. The summed E-state index contributed by atoms with van der Waals surface area (Å²) in [6.07, 6.45) is 0. The minimum Gasteiger partial charge on any atom is -0.494 e. The molecule has 1 unspecified atom stereocenters. The van der Waals surface area contributed by atoms with Gasteiger partial charge in [0.15, 0.2) is 0 Å². The zero-order chi connectivity index (χ0) is 15.1. The quantitative estimate of drug-likeness (QED) is 0.439. The number of rotatable bonds is 7. The van der Waals surface area contributed by atoms with Crippen LogP contribution in [0.4, 0.5) is 0 Å². The van der Waals surface area contributed by atoms with E-state index < -0.39 is 0 Å². The van der Waals surface area contributed by atoms with Gasteiger partial charge in [0.25, 0.3) is 0 Å². The SMILES string of the molecule is CCOc1ccccc1C(CSc1cccc(Br)c1)NN. The van der Waals surface area contributed by atoms with Crippen molar-refractivity contribution in [3.63, 3.8) is 0 Å². The van der Waals surface area contributed by atoms with Crippen LogP contribution in [0.5, 0.6) is 5.75 Å². The number of nitrogens with two attached hydrogens (primary N) is 1. The van der Waals surface area contributed by atoms with Crippen LogP contribution in [-0.2, 0) is 0 Å². The molecule has 0 heterocycles. The molecule has 2 rings (SSSR count). The first-order valence-corrected chi connectivity index (χ1v) is 8.58. The van der Waals surface area contributed by atoms with E-state index in [-0.39, 0.29) is 6.04 Å². The van der Waals surface area contributed by atoms with Gasteiger partial charge in [-0.05, 0) is 31.2 Å². The van der Waals surface area contributed by atoms with Gasteiger partial charge in [-0.1, -0.05) is 40.2 Å². The Bertz CT molecular complexity index is 580. The van der Waals surface area contributed by atoms with Crippen LogP contribution in [0.3, 0.4) is 0 Å². The van der Waals surface area contributed by atoms with Crippen molar-refractivity contribution in [1.29, 1.82) is 0 Å². The third-order valence-electron chi connectivity index (χ3n) is 3.01. The summed E-state index contributed by atoms with van der Waals surface area (Å²) >= 11 is 5.25. The average molecular weight is 367 g/mol. The lowest BCUT2D eigenvalue weighted by Crippen LogP contribution is -2.30. The van der Waals surface area contributed by atoms with Gasteiger partial charge in [-0.2, -0.15) is 0 Å². The van der Waals surface area contributed by atoms with E-state index in [1.165, 1.54) is 4.90 Å². The third-order valence-corrected chi connectivity index (χ3v) is 4.59. The lowest BCUT2D eigenvalue weighted by molar-refractivity contribution is 0.333. The molecule has 0 aliphatic carbocycles. The van der Waals surface area contributed by atoms with Gasteiger partial charge in [-0.15, -0.1) is 11.8 Å². The van der Waals surface area contributed by atoms with E-state index in [1.807, 2.05) is 37.3 Å². The molecule has 0 aliphatic heterocycles. The summed E-state index contributed by atoms with van der Waals surface area (Å²) in [7, 11) is 0. The molecule has 0 radical (unpaired) electrons. The second-order valence-corrected chi connectivity index (χ2v) is 6.47. The number of hydrogen-bond acceptors (Lipinski definition) is 4. The van der Waals surface area contributed by atoms with Crippen LogP contribution in [0, 0.1) is 0 Å². The van der Waals surface area contributed by atoms with Gasteiger partial charge < -0.3 is 4.74 Å². The van der Waals surface area contributed by atoms with Crippen molar-refractivity contribution < 1.29 is 4.74 Å². The van der Waals surface area contributed by atoms with Gasteiger partial charge in [0, 0.05) is 20.7 Å². The van der Waals surface area contributed by atoms with Crippen molar-refractivity contribution in [2.45, 2.75) is 17.9 Å². The van der Waals surface area contributed by atoms with E-state index in [2.05, 4.69) is 39.6 Å². The summed E-state index contributed by atoms with van der Waals surface area (Å²) in [5, 5.41) is 0. The fourth-order valence-corrected chi connectivity index (χ4v) is 3.59. The molecular weight excluding hydrogens is 348 g/mol. The molecule has 3 N–H and O–H groups in total. The molecule has 5 heteroatoms. The first-order chi connectivity index (χ1) is 10.2. The molecule has 21 heavy (non-hydrogen) atoms. The fraction of sp³-hybridized carbons (Fsp3) is 0.250. The van der Waals surface area contributed by atoms with E-state index in [0.717, 1.165) is 21.5 Å². The number of nitrogens with one attached hydrogen (secondary N) is 1. The van der Waals surface area contributed by atoms with Crippen molar-refractivity contribution in [3.05, 3.63) is 58.6 Å². The molecule has 0 saturated carbocycles. The van der Waals surface area contributed by atoms with E-state index in [4.69, 9.17) is 10.6 Å². The highest BCUT2D eigenvalue weighted by Crippen LogP contribution is 2.30. The van der Waals surface area contributed by atoms with Crippen LogP contribution in [0.2, 0.25) is 0 Å². The van der Waals surface area contributed by atoms with Gasteiger partial charge in [0.05, 0.1) is 12.6 Å². The Hall–Kier alpha value is -1.01. The molecule has 0 aromatic heterocycles. The summed E-state index contributed by atoms with van der Waals surface area (Å²) in [6, 6.07) is 16.3. The number of para-hydroxylation sites is 1. The first-order valence-electron chi connectivity index (χ1n) is 6.80. The summed E-state index contributed by atoms with van der Waals surface area (Å²) < 4.78 is 6.76. The van der Waals surface area contributed by atoms with Crippen LogP contribution >= 0.6 is 27.7 Å². The number of benzene rings is 2. The Morgan fingerprint density at radius 3 is 2.76 bits per heavy atom. The molecule has 1 atom stereocenters. The molecule has 0 spiro atoms. The van der Waals surface area contributed by atoms with E-state index in [9.17, 15) is 0 Å². The minimum absolute atomic E-state index is 0.0386. The molecule has 0 fully saturated rings. The van der Waals surface area contributed by atoms with Gasteiger partial charge in [-0.25, -0.2) is 0 Å². The number of hydrazine groups is 1. The smallest absolute Gasteiger partial charge is 0.124 e. The number of thioether (sulfide) groups is 1. The predicted octanol–water partition coefficient (Wildman–Crippen LogP) is 4.14. The van der Waals surface area contributed by atoms with E-state index >= 15 is 0 Å². The van der Waals surface area contributed by atoms with Crippen molar-refractivity contribution in [2.24, 2.45) is 5.84 Å². The lowest BCUT2D eigenvalue weighted by atomic mass is 10.1. The maximum atomic E-state index is 5.74. The van der Waals surface area contributed by atoms with Crippen molar-refractivity contribution in [1.82, 2.24) is 5.43 Å². The zero-order valence-corrected chi connectivity index (χ0v) is 14.3. The highest BCUT2D eigenvalue weighted by molar-refractivity contribution is 9.10. The maximum absolute atomic E-state index is 5.74. The molecule has 112 valence electrons. The number of hydrogen-bond donors (Lipinski definition) is 2. The third kappa shape index (κ3) is 4.74. The largest absolute Gasteiger partial charge is 0.494 e. The van der Waals surface area contributed by atoms with Crippen molar-refractivity contribution in [3.8, 4) is 5.75 Å². The molecule has 0 aliphatic rings. The molecule has 0 bridgehead atoms. The Labute approximate surface area is 138 Å². The maximum Gasteiger partial charge on any atom is 0.124 e. The predicted molar refractivity (Wildman–Crippen MR) is 92.5 cm³/mol. The van der Waals surface area contributed by atoms with Gasteiger partial charge in [0.1, 0.15) is 5.75 Å². The van der Waals surface area contributed by atoms with Crippen LogP contribution in [-0.4, -0.2) is 12.4 Å². The standard InChI is InChI=1S/C16H19BrN2OS/c1-2-20-16-9-4-3-8-14(16)15(19-18)11-21-13-7-5-6-12(17)10-13/h3-10,15,19H,2,11,18H2,1H3.